The number of nitrogens with two attached hydrogens (primary N) is 2. The molecule has 1 atom stereocenters. The van der Waals surface area contributed by atoms with Crippen LogP contribution in [0.1, 0.15) is 21.9 Å². The Kier molecular flexibility index (Phi) is 3.95. The highest BCUT2D eigenvalue weighted by atomic mass is 16.1. The number of para-hydroxylation sites is 1. The van der Waals surface area contributed by atoms with Gasteiger partial charge in [0.05, 0.1) is 12.6 Å². The van der Waals surface area contributed by atoms with Gasteiger partial charge in [-0.1, -0.05) is 18.2 Å². The van der Waals surface area contributed by atoms with E-state index in [-0.39, 0.29) is 12.3 Å². The maximum absolute atomic E-state index is 12.4. The molecule has 2 heterocycles. The zero-order valence-electron chi connectivity index (χ0n) is 12.0. The Balaban J connectivity index is 1.81. The smallest absolute Gasteiger partial charge is 0.198 e. The Morgan fingerprint density at radius 3 is 2.91 bits per heavy atom. The zero-order valence-corrected chi connectivity index (χ0v) is 12.0. The minimum Gasteiger partial charge on any atom is -0.361 e. The van der Waals surface area contributed by atoms with Crippen LogP contribution in [0.2, 0.25) is 0 Å². The van der Waals surface area contributed by atoms with E-state index in [1.807, 2.05) is 30.5 Å². The highest BCUT2D eigenvalue weighted by molar-refractivity contribution is 5.98. The number of rotatable bonds is 5. The van der Waals surface area contributed by atoms with Gasteiger partial charge in [0, 0.05) is 23.3 Å². The largest absolute Gasteiger partial charge is 0.361 e. The summed E-state index contributed by atoms with van der Waals surface area (Å²) in [5.74, 6) is 0.229. The van der Waals surface area contributed by atoms with Crippen LogP contribution in [-0.2, 0) is 13.0 Å². The summed E-state index contributed by atoms with van der Waals surface area (Å²) in [5.41, 5.74) is 13.9. The van der Waals surface area contributed by atoms with Crippen LogP contribution < -0.4 is 11.5 Å². The van der Waals surface area contributed by atoms with E-state index in [9.17, 15) is 4.79 Å². The number of nitrogens with zero attached hydrogens (tertiary/aromatic N) is 2. The van der Waals surface area contributed by atoms with Gasteiger partial charge in [-0.15, -0.1) is 0 Å². The Bertz CT molecular complexity index is 811. The quantitative estimate of drug-likeness (QED) is 0.612. The van der Waals surface area contributed by atoms with Crippen LogP contribution in [-0.4, -0.2) is 26.8 Å². The first-order valence-electron chi connectivity index (χ1n) is 7.06. The SMILES string of the molecule is NCc1nccc(C(=O)C(N)Cc2c[nH]c3ccccc23)n1. The summed E-state index contributed by atoms with van der Waals surface area (Å²) >= 11 is 0. The first kappa shape index (κ1) is 14.4. The highest BCUT2D eigenvalue weighted by Crippen LogP contribution is 2.19. The standard InChI is InChI=1S/C16H17N5O/c17-8-15-19-6-5-14(21-15)16(22)12(18)7-10-9-20-13-4-2-1-3-11(10)13/h1-6,9,12,20H,7-8,17-18H2. The van der Waals surface area contributed by atoms with E-state index in [2.05, 4.69) is 15.0 Å². The van der Waals surface area contributed by atoms with Crippen molar-refractivity contribution in [1.29, 1.82) is 0 Å². The summed E-state index contributed by atoms with van der Waals surface area (Å²) in [7, 11) is 0. The van der Waals surface area contributed by atoms with Crippen LogP contribution in [0.15, 0.2) is 42.7 Å². The van der Waals surface area contributed by atoms with Crippen molar-refractivity contribution in [2.75, 3.05) is 0 Å². The number of Topliss-reactive ketones (excluding diaryl/α,β-unsaturated/α-hetero) is 1. The van der Waals surface area contributed by atoms with E-state index in [1.54, 1.807) is 6.07 Å². The molecule has 6 heteroatoms. The zero-order chi connectivity index (χ0) is 15.5. The third-order valence-electron chi connectivity index (χ3n) is 3.59. The lowest BCUT2D eigenvalue weighted by Crippen LogP contribution is -2.33. The second-order valence-electron chi connectivity index (χ2n) is 5.10. The van der Waals surface area contributed by atoms with Crippen LogP contribution >= 0.6 is 0 Å². The van der Waals surface area contributed by atoms with Crippen molar-refractivity contribution >= 4 is 16.7 Å². The third-order valence-corrected chi connectivity index (χ3v) is 3.59. The fraction of sp³-hybridized carbons (Fsp3) is 0.188. The fourth-order valence-corrected chi connectivity index (χ4v) is 2.45. The number of benzene rings is 1. The van der Waals surface area contributed by atoms with Crippen LogP contribution in [0.25, 0.3) is 10.9 Å². The molecular formula is C16H17N5O. The molecule has 112 valence electrons. The van der Waals surface area contributed by atoms with Gasteiger partial charge < -0.3 is 16.5 Å². The average molecular weight is 295 g/mol. The van der Waals surface area contributed by atoms with Crippen molar-refractivity contribution in [3.05, 3.63) is 59.8 Å². The van der Waals surface area contributed by atoms with Crippen molar-refractivity contribution in [3.8, 4) is 0 Å². The van der Waals surface area contributed by atoms with E-state index in [1.165, 1.54) is 6.20 Å². The van der Waals surface area contributed by atoms with Crippen LogP contribution in [0.4, 0.5) is 0 Å². The molecule has 5 N–H and O–H groups in total. The van der Waals surface area contributed by atoms with Crippen LogP contribution in [0.3, 0.4) is 0 Å². The molecule has 0 saturated heterocycles. The van der Waals surface area contributed by atoms with Crippen molar-refractivity contribution in [2.24, 2.45) is 11.5 Å². The molecule has 0 spiro atoms. The second kappa shape index (κ2) is 6.05. The molecule has 0 bridgehead atoms. The highest BCUT2D eigenvalue weighted by Gasteiger charge is 2.19. The molecule has 0 aliphatic heterocycles. The molecule has 0 radical (unpaired) electrons. The number of fused-ring (bicyclic) bond motifs is 1. The second-order valence-corrected chi connectivity index (χ2v) is 5.10. The summed E-state index contributed by atoms with van der Waals surface area (Å²) in [6.07, 6.45) is 3.87. The van der Waals surface area contributed by atoms with E-state index in [4.69, 9.17) is 11.5 Å². The number of hydrogen-bond acceptors (Lipinski definition) is 5. The molecule has 0 saturated carbocycles. The molecular weight excluding hydrogens is 278 g/mol. The predicted molar refractivity (Wildman–Crippen MR) is 84.2 cm³/mol. The topological polar surface area (TPSA) is 111 Å². The molecule has 2 aromatic heterocycles. The van der Waals surface area contributed by atoms with Crippen LogP contribution in [0, 0.1) is 0 Å². The number of nitrogens with one attached hydrogen (secondary N) is 1. The Morgan fingerprint density at radius 2 is 2.09 bits per heavy atom. The minimum absolute atomic E-state index is 0.193. The van der Waals surface area contributed by atoms with Crippen molar-refractivity contribution in [3.63, 3.8) is 0 Å². The Hall–Kier alpha value is -2.57. The van der Waals surface area contributed by atoms with Gasteiger partial charge in [0.1, 0.15) is 11.5 Å². The van der Waals surface area contributed by atoms with Gasteiger partial charge in [-0.3, -0.25) is 4.79 Å². The molecule has 0 amide bonds. The summed E-state index contributed by atoms with van der Waals surface area (Å²) in [4.78, 5) is 23.7. The van der Waals surface area contributed by atoms with Gasteiger partial charge >= 0.3 is 0 Å². The van der Waals surface area contributed by atoms with Crippen molar-refractivity contribution in [1.82, 2.24) is 15.0 Å². The molecule has 0 fully saturated rings. The number of carbonyl (C=O) groups excluding carboxylic acids is 1. The maximum atomic E-state index is 12.4. The molecule has 3 rings (SSSR count). The van der Waals surface area contributed by atoms with Crippen molar-refractivity contribution in [2.45, 2.75) is 19.0 Å². The summed E-state index contributed by atoms with van der Waals surface area (Å²) in [6, 6.07) is 8.84. The molecule has 22 heavy (non-hydrogen) atoms. The van der Waals surface area contributed by atoms with Crippen LogP contribution in [0.5, 0.6) is 0 Å². The van der Waals surface area contributed by atoms with Crippen molar-refractivity contribution < 1.29 is 4.79 Å². The first-order valence-corrected chi connectivity index (χ1v) is 7.06. The Morgan fingerprint density at radius 1 is 1.27 bits per heavy atom. The average Bonchev–Trinajstić information content (AvgIpc) is 2.97. The van der Waals surface area contributed by atoms with E-state index in [0.717, 1.165) is 16.5 Å². The normalized spacial score (nSPS) is 12.5. The van der Waals surface area contributed by atoms with Gasteiger partial charge in [-0.25, -0.2) is 9.97 Å². The fourth-order valence-electron chi connectivity index (χ4n) is 2.45. The van der Waals surface area contributed by atoms with E-state index >= 15 is 0 Å². The molecule has 0 aliphatic carbocycles. The number of ketones is 1. The number of aromatic amines is 1. The summed E-state index contributed by atoms with van der Waals surface area (Å²) in [6.45, 7) is 0.193. The maximum Gasteiger partial charge on any atom is 0.198 e. The lowest BCUT2D eigenvalue weighted by Gasteiger charge is -2.10. The lowest BCUT2D eigenvalue weighted by atomic mass is 10.0. The van der Waals surface area contributed by atoms with E-state index in [0.29, 0.717) is 17.9 Å². The molecule has 0 aliphatic rings. The monoisotopic (exact) mass is 295 g/mol. The number of H-pyrrole nitrogens is 1. The summed E-state index contributed by atoms with van der Waals surface area (Å²) in [5, 5.41) is 1.08. The summed E-state index contributed by atoms with van der Waals surface area (Å²) < 4.78 is 0. The molecule has 1 aromatic carbocycles. The third kappa shape index (κ3) is 2.74. The van der Waals surface area contributed by atoms with Gasteiger partial charge in [-0.2, -0.15) is 0 Å². The minimum atomic E-state index is -0.653. The lowest BCUT2D eigenvalue weighted by molar-refractivity contribution is 0.0955. The van der Waals surface area contributed by atoms with E-state index < -0.39 is 6.04 Å². The Labute approximate surface area is 127 Å². The van der Waals surface area contributed by atoms with Gasteiger partial charge in [0.25, 0.3) is 0 Å². The number of hydrogen-bond donors (Lipinski definition) is 3. The van der Waals surface area contributed by atoms with Gasteiger partial charge in [-0.05, 0) is 24.1 Å². The number of aromatic nitrogens is 3. The molecule has 3 aromatic rings. The first-order chi connectivity index (χ1) is 10.7. The predicted octanol–water partition coefficient (Wildman–Crippen LogP) is 1.17. The molecule has 6 nitrogen and oxygen atoms in total. The van der Waals surface area contributed by atoms with Gasteiger partial charge in [0.15, 0.2) is 5.78 Å². The molecule has 1 unspecified atom stereocenters. The van der Waals surface area contributed by atoms with Gasteiger partial charge in [0.2, 0.25) is 0 Å². The number of carbonyl (C=O) groups is 1.